The Balaban J connectivity index is 2.47. The van der Waals surface area contributed by atoms with Gasteiger partial charge in [0.25, 0.3) is 0 Å². The Kier molecular flexibility index (Phi) is 6.40. The Morgan fingerprint density at radius 3 is 2.53 bits per heavy atom. The number of rotatable bonds is 5. The summed E-state index contributed by atoms with van der Waals surface area (Å²) in [6, 6.07) is -0.510. The van der Waals surface area contributed by atoms with E-state index in [0.717, 1.165) is 25.7 Å². The lowest BCUT2D eigenvalue weighted by atomic mass is 9.88. The van der Waals surface area contributed by atoms with Crippen molar-refractivity contribution in [3.63, 3.8) is 0 Å². The molecule has 0 heterocycles. The molecule has 0 bridgehead atoms. The molecule has 1 N–H and O–H groups in total. The number of esters is 1. The van der Waals surface area contributed by atoms with E-state index in [-0.39, 0.29) is 17.8 Å². The van der Waals surface area contributed by atoms with Crippen LogP contribution in [0.2, 0.25) is 0 Å². The molecule has 1 saturated carbocycles. The van der Waals surface area contributed by atoms with Gasteiger partial charge in [0.1, 0.15) is 6.04 Å². The molecule has 0 saturated heterocycles. The van der Waals surface area contributed by atoms with Crippen LogP contribution >= 0.6 is 11.8 Å². The third-order valence-corrected chi connectivity index (χ3v) is 3.78. The maximum atomic E-state index is 12.0. The van der Waals surface area contributed by atoms with Crippen LogP contribution in [-0.4, -0.2) is 37.0 Å². The second-order valence-electron chi connectivity index (χ2n) is 4.37. The summed E-state index contributed by atoms with van der Waals surface area (Å²) in [6.45, 7) is 0. The highest BCUT2D eigenvalue weighted by Crippen LogP contribution is 2.23. The number of hydrogen-bond acceptors (Lipinski definition) is 4. The zero-order chi connectivity index (χ0) is 12.7. The Labute approximate surface area is 107 Å². The van der Waals surface area contributed by atoms with E-state index in [2.05, 4.69) is 10.1 Å². The van der Waals surface area contributed by atoms with Crippen LogP contribution in [0.25, 0.3) is 0 Å². The van der Waals surface area contributed by atoms with Gasteiger partial charge in [0, 0.05) is 11.7 Å². The standard InChI is InChI=1S/C12H21NO3S/c1-16-12(15)10(8-17-2)13-11(14)9-6-4-3-5-7-9/h9-10H,3-8H2,1-2H3,(H,13,14)/t10-/m0/s1. The first-order chi connectivity index (χ1) is 8.19. The van der Waals surface area contributed by atoms with Crippen molar-refractivity contribution < 1.29 is 14.3 Å². The second-order valence-corrected chi connectivity index (χ2v) is 5.29. The van der Waals surface area contributed by atoms with E-state index < -0.39 is 6.04 Å². The topological polar surface area (TPSA) is 55.4 Å². The van der Waals surface area contributed by atoms with Crippen LogP contribution in [0.5, 0.6) is 0 Å². The first-order valence-corrected chi connectivity index (χ1v) is 7.45. The molecule has 98 valence electrons. The molecule has 0 aromatic rings. The van der Waals surface area contributed by atoms with Crippen LogP contribution in [-0.2, 0) is 14.3 Å². The number of amides is 1. The van der Waals surface area contributed by atoms with Gasteiger partial charge in [0.05, 0.1) is 7.11 Å². The monoisotopic (exact) mass is 259 g/mol. The van der Waals surface area contributed by atoms with Crippen molar-refractivity contribution in [2.45, 2.75) is 38.1 Å². The van der Waals surface area contributed by atoms with Gasteiger partial charge in [-0.05, 0) is 19.1 Å². The molecule has 17 heavy (non-hydrogen) atoms. The Morgan fingerprint density at radius 2 is 2.00 bits per heavy atom. The molecule has 1 aliphatic rings. The van der Waals surface area contributed by atoms with Gasteiger partial charge in [0.2, 0.25) is 5.91 Å². The van der Waals surface area contributed by atoms with Crippen molar-refractivity contribution in [3.05, 3.63) is 0 Å². The number of methoxy groups -OCH3 is 1. The predicted octanol–water partition coefficient (Wildman–Crippen LogP) is 1.59. The molecule has 4 nitrogen and oxygen atoms in total. The zero-order valence-corrected chi connectivity index (χ0v) is 11.3. The van der Waals surface area contributed by atoms with Gasteiger partial charge in [-0.15, -0.1) is 0 Å². The molecule has 0 aromatic heterocycles. The van der Waals surface area contributed by atoms with Crippen LogP contribution < -0.4 is 5.32 Å². The minimum atomic E-state index is -0.510. The summed E-state index contributed by atoms with van der Waals surface area (Å²) in [5.74, 6) is 0.293. The van der Waals surface area contributed by atoms with Crippen molar-refractivity contribution in [2.24, 2.45) is 5.92 Å². The van der Waals surface area contributed by atoms with E-state index in [9.17, 15) is 9.59 Å². The van der Waals surface area contributed by atoms with E-state index >= 15 is 0 Å². The van der Waals surface area contributed by atoms with Gasteiger partial charge in [0.15, 0.2) is 0 Å². The predicted molar refractivity (Wildman–Crippen MR) is 68.9 cm³/mol. The summed E-state index contributed by atoms with van der Waals surface area (Å²) >= 11 is 1.53. The molecule has 0 aliphatic heterocycles. The summed E-state index contributed by atoms with van der Waals surface area (Å²) in [6.07, 6.45) is 7.24. The summed E-state index contributed by atoms with van der Waals surface area (Å²) in [7, 11) is 1.35. The van der Waals surface area contributed by atoms with Crippen LogP contribution in [0.3, 0.4) is 0 Å². The lowest BCUT2D eigenvalue weighted by Gasteiger charge is -2.23. The zero-order valence-electron chi connectivity index (χ0n) is 10.5. The molecule has 5 heteroatoms. The quantitative estimate of drug-likeness (QED) is 0.762. The Bertz CT molecular complexity index is 264. The SMILES string of the molecule is COC(=O)[C@H](CSC)NC(=O)C1CCCCC1. The van der Waals surface area contributed by atoms with Crippen molar-refractivity contribution >= 4 is 23.6 Å². The third-order valence-electron chi connectivity index (χ3n) is 3.11. The van der Waals surface area contributed by atoms with Gasteiger partial charge in [-0.3, -0.25) is 4.79 Å². The molecule has 0 unspecified atom stereocenters. The van der Waals surface area contributed by atoms with Crippen LogP contribution in [0.4, 0.5) is 0 Å². The number of nitrogens with one attached hydrogen (secondary N) is 1. The van der Waals surface area contributed by atoms with Crippen LogP contribution in [0.1, 0.15) is 32.1 Å². The van der Waals surface area contributed by atoms with Crippen molar-refractivity contribution in [1.82, 2.24) is 5.32 Å². The maximum absolute atomic E-state index is 12.0. The molecule has 0 aromatic carbocycles. The highest BCUT2D eigenvalue weighted by molar-refractivity contribution is 7.98. The first kappa shape index (κ1) is 14.4. The summed E-state index contributed by atoms with van der Waals surface area (Å²) in [5, 5.41) is 2.80. The molecule has 1 amide bonds. The average Bonchev–Trinajstić information content (AvgIpc) is 2.38. The smallest absolute Gasteiger partial charge is 0.329 e. The highest BCUT2D eigenvalue weighted by Gasteiger charge is 2.26. The minimum absolute atomic E-state index is 0.00847. The molecule has 1 atom stereocenters. The minimum Gasteiger partial charge on any atom is -0.467 e. The molecule has 0 radical (unpaired) electrons. The van der Waals surface area contributed by atoms with Gasteiger partial charge < -0.3 is 10.1 Å². The van der Waals surface area contributed by atoms with E-state index in [4.69, 9.17) is 0 Å². The molecular formula is C12H21NO3S. The fraction of sp³-hybridized carbons (Fsp3) is 0.833. The number of carbonyl (C=O) groups excluding carboxylic acids is 2. The lowest BCUT2D eigenvalue weighted by Crippen LogP contribution is -2.46. The highest BCUT2D eigenvalue weighted by atomic mass is 32.2. The molecule has 1 fully saturated rings. The lowest BCUT2D eigenvalue weighted by molar-refractivity contribution is -0.145. The molecular weight excluding hydrogens is 238 g/mol. The average molecular weight is 259 g/mol. The van der Waals surface area contributed by atoms with Gasteiger partial charge in [-0.25, -0.2) is 4.79 Å². The van der Waals surface area contributed by atoms with Gasteiger partial charge in [-0.2, -0.15) is 11.8 Å². The largest absolute Gasteiger partial charge is 0.467 e. The number of carbonyl (C=O) groups is 2. The van der Waals surface area contributed by atoms with Crippen LogP contribution in [0.15, 0.2) is 0 Å². The number of thioether (sulfide) groups is 1. The normalized spacial score (nSPS) is 18.5. The van der Waals surface area contributed by atoms with E-state index in [1.165, 1.54) is 25.3 Å². The Hall–Kier alpha value is -0.710. The summed E-state index contributed by atoms with van der Waals surface area (Å²) < 4.78 is 4.69. The van der Waals surface area contributed by atoms with E-state index in [1.807, 2.05) is 6.26 Å². The Morgan fingerprint density at radius 1 is 1.35 bits per heavy atom. The molecule has 1 aliphatic carbocycles. The summed E-state index contributed by atoms with van der Waals surface area (Å²) in [5.41, 5.74) is 0. The number of hydrogen-bond donors (Lipinski definition) is 1. The fourth-order valence-electron chi connectivity index (χ4n) is 2.13. The van der Waals surface area contributed by atoms with Crippen molar-refractivity contribution in [2.75, 3.05) is 19.1 Å². The van der Waals surface area contributed by atoms with Gasteiger partial charge in [-0.1, -0.05) is 19.3 Å². The van der Waals surface area contributed by atoms with Crippen molar-refractivity contribution in [1.29, 1.82) is 0 Å². The van der Waals surface area contributed by atoms with Crippen LogP contribution in [0, 0.1) is 5.92 Å². The number of ether oxygens (including phenoxy) is 1. The van der Waals surface area contributed by atoms with Gasteiger partial charge >= 0.3 is 5.97 Å². The first-order valence-electron chi connectivity index (χ1n) is 6.06. The summed E-state index contributed by atoms with van der Waals surface area (Å²) in [4.78, 5) is 23.4. The third kappa shape index (κ3) is 4.58. The molecule has 1 rings (SSSR count). The van der Waals surface area contributed by atoms with Crippen molar-refractivity contribution in [3.8, 4) is 0 Å². The maximum Gasteiger partial charge on any atom is 0.329 e. The fourth-order valence-corrected chi connectivity index (χ4v) is 2.68. The van der Waals surface area contributed by atoms with E-state index in [0.29, 0.717) is 5.75 Å². The van der Waals surface area contributed by atoms with E-state index in [1.54, 1.807) is 0 Å². The second kappa shape index (κ2) is 7.58. The molecule has 0 spiro atoms.